The summed E-state index contributed by atoms with van der Waals surface area (Å²) in [6.45, 7) is 1.68. The van der Waals surface area contributed by atoms with Gasteiger partial charge in [-0.3, -0.25) is 5.10 Å². The van der Waals surface area contributed by atoms with Gasteiger partial charge in [0.1, 0.15) is 5.82 Å². The number of aromatic nitrogens is 4. The molecule has 0 radical (unpaired) electrons. The number of rotatable bonds is 6. The Morgan fingerprint density at radius 1 is 1.47 bits per heavy atom. The molecule has 2 aromatic rings. The molecule has 2 heterocycles. The third kappa shape index (κ3) is 2.64. The summed E-state index contributed by atoms with van der Waals surface area (Å²) in [5.74, 6) is 0.743. The standard InChI is InChI=1S/C12H16ClN5O/c1-19-5-4-12(2-3-12)7-14-9-8-6-15-18-10(8)17-11(13)16-9/h6H,2-5,7H2,1H3,(H2,14,15,16,17,18). The normalized spacial score (nSPS) is 16.7. The van der Waals surface area contributed by atoms with Crippen molar-refractivity contribution in [3.63, 3.8) is 0 Å². The molecule has 0 spiro atoms. The van der Waals surface area contributed by atoms with Gasteiger partial charge in [-0.15, -0.1) is 0 Å². The van der Waals surface area contributed by atoms with Gasteiger partial charge in [-0.25, -0.2) is 0 Å². The monoisotopic (exact) mass is 281 g/mol. The Hall–Kier alpha value is -1.40. The van der Waals surface area contributed by atoms with E-state index in [4.69, 9.17) is 16.3 Å². The summed E-state index contributed by atoms with van der Waals surface area (Å²) in [4.78, 5) is 8.32. The number of halogens is 1. The van der Waals surface area contributed by atoms with Crippen LogP contribution in [-0.4, -0.2) is 40.4 Å². The minimum Gasteiger partial charge on any atom is -0.385 e. The van der Waals surface area contributed by atoms with Crippen molar-refractivity contribution < 1.29 is 4.74 Å². The van der Waals surface area contributed by atoms with Crippen molar-refractivity contribution in [2.75, 3.05) is 25.6 Å². The van der Waals surface area contributed by atoms with E-state index in [0.29, 0.717) is 11.1 Å². The van der Waals surface area contributed by atoms with Crippen LogP contribution in [0.1, 0.15) is 19.3 Å². The minimum absolute atomic E-state index is 0.223. The van der Waals surface area contributed by atoms with Gasteiger partial charge >= 0.3 is 0 Å². The maximum Gasteiger partial charge on any atom is 0.226 e. The zero-order chi connectivity index (χ0) is 13.3. The van der Waals surface area contributed by atoms with Gasteiger partial charge in [0.05, 0.1) is 11.6 Å². The van der Waals surface area contributed by atoms with Crippen LogP contribution in [0.2, 0.25) is 5.28 Å². The van der Waals surface area contributed by atoms with Gasteiger partial charge in [0.2, 0.25) is 5.28 Å². The van der Waals surface area contributed by atoms with Crippen LogP contribution in [-0.2, 0) is 4.74 Å². The molecule has 19 heavy (non-hydrogen) atoms. The van der Waals surface area contributed by atoms with Crippen LogP contribution in [0.3, 0.4) is 0 Å². The first kappa shape index (κ1) is 12.6. The van der Waals surface area contributed by atoms with Gasteiger partial charge in [-0.2, -0.15) is 15.1 Å². The minimum atomic E-state index is 0.223. The largest absolute Gasteiger partial charge is 0.385 e. The van der Waals surface area contributed by atoms with Crippen molar-refractivity contribution in [1.82, 2.24) is 20.2 Å². The topological polar surface area (TPSA) is 75.7 Å². The molecule has 2 N–H and O–H groups in total. The van der Waals surface area contributed by atoms with Crippen LogP contribution in [0.25, 0.3) is 11.0 Å². The maximum absolute atomic E-state index is 5.90. The number of anilines is 1. The van der Waals surface area contributed by atoms with Crippen molar-refractivity contribution in [2.24, 2.45) is 5.41 Å². The van der Waals surface area contributed by atoms with Gasteiger partial charge in [-0.1, -0.05) is 0 Å². The van der Waals surface area contributed by atoms with Gasteiger partial charge in [0, 0.05) is 20.3 Å². The van der Waals surface area contributed by atoms with Gasteiger partial charge < -0.3 is 10.1 Å². The molecule has 0 unspecified atom stereocenters. The van der Waals surface area contributed by atoms with Crippen LogP contribution < -0.4 is 5.32 Å². The third-order valence-corrected chi connectivity index (χ3v) is 3.88. The smallest absolute Gasteiger partial charge is 0.226 e. The fourth-order valence-electron chi connectivity index (χ4n) is 2.22. The highest BCUT2D eigenvalue weighted by Gasteiger charge is 2.41. The van der Waals surface area contributed by atoms with Crippen molar-refractivity contribution in [3.05, 3.63) is 11.5 Å². The van der Waals surface area contributed by atoms with E-state index in [1.165, 1.54) is 12.8 Å². The Morgan fingerprint density at radius 2 is 2.32 bits per heavy atom. The first-order valence-corrected chi connectivity index (χ1v) is 6.70. The molecule has 0 bridgehead atoms. The molecule has 1 saturated carbocycles. The SMILES string of the molecule is COCCC1(CNc2nc(Cl)nc3[nH]ncc23)CC1. The molecule has 7 heteroatoms. The van der Waals surface area contributed by atoms with Crippen molar-refractivity contribution in [3.8, 4) is 0 Å². The lowest BCUT2D eigenvalue weighted by Gasteiger charge is -2.16. The Morgan fingerprint density at radius 3 is 3.05 bits per heavy atom. The van der Waals surface area contributed by atoms with E-state index in [2.05, 4.69) is 25.5 Å². The van der Waals surface area contributed by atoms with Crippen molar-refractivity contribution >= 4 is 28.5 Å². The van der Waals surface area contributed by atoms with Crippen LogP contribution in [0.4, 0.5) is 5.82 Å². The Bertz CT molecular complexity index is 581. The Labute approximate surface area is 115 Å². The molecule has 1 aliphatic rings. The highest BCUT2D eigenvalue weighted by Crippen LogP contribution is 2.48. The number of fused-ring (bicyclic) bond motifs is 1. The van der Waals surface area contributed by atoms with E-state index < -0.39 is 0 Å². The first-order valence-electron chi connectivity index (χ1n) is 6.32. The van der Waals surface area contributed by atoms with Gasteiger partial charge in [0.25, 0.3) is 0 Å². The molecule has 1 aliphatic carbocycles. The molecule has 0 saturated heterocycles. The van der Waals surface area contributed by atoms with E-state index in [-0.39, 0.29) is 5.28 Å². The zero-order valence-corrected chi connectivity index (χ0v) is 11.5. The number of nitrogens with zero attached hydrogens (tertiary/aromatic N) is 3. The second-order valence-electron chi connectivity index (χ2n) is 5.07. The Balaban J connectivity index is 1.73. The number of nitrogens with one attached hydrogen (secondary N) is 2. The maximum atomic E-state index is 5.90. The predicted molar refractivity (Wildman–Crippen MR) is 73.3 cm³/mol. The molecule has 6 nitrogen and oxygen atoms in total. The molecular weight excluding hydrogens is 266 g/mol. The second kappa shape index (κ2) is 4.94. The van der Waals surface area contributed by atoms with Crippen LogP contribution in [0.15, 0.2) is 6.20 Å². The molecule has 3 rings (SSSR count). The van der Waals surface area contributed by atoms with Gasteiger partial charge in [-0.05, 0) is 36.3 Å². The molecule has 0 amide bonds. The number of methoxy groups -OCH3 is 1. The average Bonchev–Trinajstić information content (AvgIpc) is 3.02. The van der Waals surface area contributed by atoms with Gasteiger partial charge in [0.15, 0.2) is 5.65 Å². The third-order valence-electron chi connectivity index (χ3n) is 3.71. The highest BCUT2D eigenvalue weighted by atomic mass is 35.5. The highest BCUT2D eigenvalue weighted by molar-refractivity contribution is 6.28. The molecule has 102 valence electrons. The van der Waals surface area contributed by atoms with E-state index in [1.54, 1.807) is 13.3 Å². The lowest BCUT2D eigenvalue weighted by Crippen LogP contribution is -2.18. The zero-order valence-electron chi connectivity index (χ0n) is 10.7. The summed E-state index contributed by atoms with van der Waals surface area (Å²) in [6, 6.07) is 0. The van der Waals surface area contributed by atoms with Crippen LogP contribution in [0.5, 0.6) is 0 Å². The summed E-state index contributed by atoms with van der Waals surface area (Å²) >= 11 is 5.90. The Kier molecular flexibility index (Phi) is 3.28. The van der Waals surface area contributed by atoms with E-state index in [9.17, 15) is 0 Å². The lowest BCUT2D eigenvalue weighted by atomic mass is 10.0. The molecule has 0 atom stereocenters. The number of H-pyrrole nitrogens is 1. The van der Waals surface area contributed by atoms with E-state index >= 15 is 0 Å². The number of ether oxygens (including phenoxy) is 1. The number of hydrogen-bond donors (Lipinski definition) is 2. The predicted octanol–water partition coefficient (Wildman–Crippen LogP) is 2.23. The van der Waals surface area contributed by atoms with Crippen LogP contribution in [0, 0.1) is 5.41 Å². The fourth-order valence-corrected chi connectivity index (χ4v) is 2.39. The summed E-state index contributed by atoms with van der Waals surface area (Å²) in [7, 11) is 1.74. The number of aromatic amines is 1. The van der Waals surface area contributed by atoms with Crippen LogP contribution >= 0.6 is 11.6 Å². The molecule has 1 fully saturated rings. The molecular formula is C12H16ClN5O. The average molecular weight is 282 g/mol. The summed E-state index contributed by atoms with van der Waals surface area (Å²) < 4.78 is 5.16. The second-order valence-corrected chi connectivity index (χ2v) is 5.41. The van der Waals surface area contributed by atoms with E-state index in [1.807, 2.05) is 0 Å². The quantitative estimate of drug-likeness (QED) is 0.794. The summed E-state index contributed by atoms with van der Waals surface area (Å²) in [5.41, 5.74) is 1.01. The van der Waals surface area contributed by atoms with Crippen molar-refractivity contribution in [1.29, 1.82) is 0 Å². The fraction of sp³-hybridized carbons (Fsp3) is 0.583. The lowest BCUT2D eigenvalue weighted by molar-refractivity contribution is 0.175. The van der Waals surface area contributed by atoms with Crippen molar-refractivity contribution in [2.45, 2.75) is 19.3 Å². The first-order chi connectivity index (χ1) is 9.22. The summed E-state index contributed by atoms with van der Waals surface area (Å²) in [5, 5.41) is 11.2. The molecule has 0 aromatic carbocycles. The summed E-state index contributed by atoms with van der Waals surface area (Å²) in [6.07, 6.45) is 5.25. The number of hydrogen-bond acceptors (Lipinski definition) is 5. The molecule has 0 aliphatic heterocycles. The van der Waals surface area contributed by atoms with E-state index in [0.717, 1.165) is 30.8 Å². The molecule has 2 aromatic heterocycles.